The van der Waals surface area contributed by atoms with E-state index in [2.05, 4.69) is 15.3 Å². The molecule has 122 valence electrons. The van der Waals surface area contributed by atoms with Gasteiger partial charge in [0.1, 0.15) is 6.04 Å². The quantitative estimate of drug-likeness (QED) is 0.781. The monoisotopic (exact) mass is 321 g/mol. The van der Waals surface area contributed by atoms with Crippen LogP contribution in [0.5, 0.6) is 0 Å². The number of fused-ring (bicyclic) bond motifs is 1. The van der Waals surface area contributed by atoms with Crippen LogP contribution >= 0.6 is 0 Å². The number of amides is 1. The molecule has 4 rings (SSSR count). The number of nitrogens with zero attached hydrogens (tertiary/aromatic N) is 4. The van der Waals surface area contributed by atoms with Crippen molar-refractivity contribution in [1.29, 1.82) is 0 Å². The fraction of sp³-hybridized carbons (Fsp3) is 0.278. The van der Waals surface area contributed by atoms with Crippen molar-refractivity contribution in [1.82, 2.24) is 24.8 Å². The molecular formula is C18H19N5O. The Balaban J connectivity index is 1.75. The molecule has 24 heavy (non-hydrogen) atoms. The van der Waals surface area contributed by atoms with Gasteiger partial charge in [-0.3, -0.25) is 4.79 Å². The van der Waals surface area contributed by atoms with Crippen LogP contribution in [0.1, 0.15) is 22.2 Å². The molecule has 1 fully saturated rings. The average Bonchev–Trinajstić information content (AvgIpc) is 3.03. The first kappa shape index (κ1) is 14.8. The standard InChI is InChI=1S/C18H19N5O/c1-22-10-6-13-4-2-5-14(16(13)22)18(24)23-11-9-19-12-15(23)17-20-7-3-8-21-17/h2-8,10,15,19H,9,11-12H2,1H3. The van der Waals surface area contributed by atoms with Crippen molar-refractivity contribution in [2.75, 3.05) is 19.6 Å². The fourth-order valence-electron chi connectivity index (χ4n) is 3.34. The van der Waals surface area contributed by atoms with Gasteiger partial charge in [-0.25, -0.2) is 9.97 Å². The smallest absolute Gasteiger partial charge is 0.256 e. The summed E-state index contributed by atoms with van der Waals surface area (Å²) in [5.74, 6) is 0.707. The van der Waals surface area contributed by atoms with Crippen molar-refractivity contribution >= 4 is 16.8 Å². The summed E-state index contributed by atoms with van der Waals surface area (Å²) < 4.78 is 2.00. The lowest BCUT2D eigenvalue weighted by Gasteiger charge is -2.35. The SMILES string of the molecule is Cn1ccc2cccc(C(=O)N3CCNCC3c3ncccn3)c21. The van der Waals surface area contributed by atoms with Gasteiger partial charge in [-0.1, -0.05) is 12.1 Å². The minimum absolute atomic E-state index is 0.0290. The van der Waals surface area contributed by atoms with Crippen LogP contribution in [0.15, 0.2) is 48.9 Å². The first-order valence-electron chi connectivity index (χ1n) is 8.08. The van der Waals surface area contributed by atoms with Gasteiger partial charge in [-0.2, -0.15) is 0 Å². The number of rotatable bonds is 2. The van der Waals surface area contributed by atoms with Crippen molar-refractivity contribution in [3.8, 4) is 0 Å². The van der Waals surface area contributed by atoms with Gasteiger partial charge < -0.3 is 14.8 Å². The van der Waals surface area contributed by atoms with Crippen LogP contribution in [0.25, 0.3) is 10.9 Å². The van der Waals surface area contributed by atoms with E-state index in [1.807, 2.05) is 47.0 Å². The van der Waals surface area contributed by atoms with E-state index in [0.717, 1.165) is 23.0 Å². The Hall–Kier alpha value is -2.73. The number of aromatic nitrogens is 3. The van der Waals surface area contributed by atoms with E-state index in [1.165, 1.54) is 0 Å². The summed E-state index contributed by atoms with van der Waals surface area (Å²) >= 11 is 0. The lowest BCUT2D eigenvalue weighted by atomic mass is 10.1. The number of carbonyl (C=O) groups is 1. The topological polar surface area (TPSA) is 63.1 Å². The second-order valence-corrected chi connectivity index (χ2v) is 6.00. The zero-order valence-corrected chi connectivity index (χ0v) is 13.5. The Morgan fingerprint density at radius 2 is 2.04 bits per heavy atom. The molecule has 1 amide bonds. The minimum atomic E-state index is -0.150. The summed E-state index contributed by atoms with van der Waals surface area (Å²) in [4.78, 5) is 23.9. The predicted molar refractivity (Wildman–Crippen MR) is 91.6 cm³/mol. The third-order valence-corrected chi connectivity index (χ3v) is 4.52. The van der Waals surface area contributed by atoms with Crippen LogP contribution < -0.4 is 5.32 Å². The number of piperazine rings is 1. The molecule has 6 nitrogen and oxygen atoms in total. The van der Waals surface area contributed by atoms with E-state index in [9.17, 15) is 4.79 Å². The molecule has 6 heteroatoms. The summed E-state index contributed by atoms with van der Waals surface area (Å²) in [6.07, 6.45) is 5.42. The molecular weight excluding hydrogens is 302 g/mol. The molecule has 0 saturated carbocycles. The van der Waals surface area contributed by atoms with Gasteiger partial charge in [0, 0.05) is 50.7 Å². The van der Waals surface area contributed by atoms with E-state index >= 15 is 0 Å². The van der Waals surface area contributed by atoms with Gasteiger partial charge in [0.2, 0.25) is 0 Å². The lowest BCUT2D eigenvalue weighted by molar-refractivity contribution is 0.0625. The fourth-order valence-corrected chi connectivity index (χ4v) is 3.34. The number of hydrogen-bond acceptors (Lipinski definition) is 4. The zero-order valence-electron chi connectivity index (χ0n) is 13.5. The zero-order chi connectivity index (χ0) is 16.5. The Morgan fingerprint density at radius 1 is 1.21 bits per heavy atom. The van der Waals surface area contributed by atoms with Crippen molar-refractivity contribution in [2.45, 2.75) is 6.04 Å². The van der Waals surface area contributed by atoms with Crippen LogP contribution in [0.2, 0.25) is 0 Å². The summed E-state index contributed by atoms with van der Waals surface area (Å²) in [5.41, 5.74) is 1.69. The third kappa shape index (κ3) is 2.45. The third-order valence-electron chi connectivity index (χ3n) is 4.52. The van der Waals surface area contributed by atoms with Crippen molar-refractivity contribution < 1.29 is 4.79 Å². The van der Waals surface area contributed by atoms with Crippen LogP contribution in [0.3, 0.4) is 0 Å². The van der Waals surface area contributed by atoms with Gasteiger partial charge in [0.25, 0.3) is 5.91 Å². The maximum atomic E-state index is 13.3. The summed E-state index contributed by atoms with van der Waals surface area (Å²) in [5, 5.41) is 4.41. The van der Waals surface area contributed by atoms with Gasteiger partial charge in [0.15, 0.2) is 5.82 Å². The van der Waals surface area contributed by atoms with Gasteiger partial charge >= 0.3 is 0 Å². The van der Waals surface area contributed by atoms with Crippen LogP contribution in [-0.4, -0.2) is 45.0 Å². The molecule has 1 N–H and O–H groups in total. The molecule has 1 saturated heterocycles. The first-order valence-corrected chi connectivity index (χ1v) is 8.08. The van der Waals surface area contributed by atoms with E-state index in [4.69, 9.17) is 0 Å². The predicted octanol–water partition coefficient (Wildman–Crippen LogP) is 1.76. The Kier molecular flexibility index (Phi) is 3.74. The molecule has 2 aromatic heterocycles. The first-order chi connectivity index (χ1) is 11.8. The number of hydrogen-bond donors (Lipinski definition) is 1. The second kappa shape index (κ2) is 6.05. The highest BCUT2D eigenvalue weighted by atomic mass is 16.2. The number of carbonyl (C=O) groups excluding carboxylic acids is 1. The molecule has 1 aliphatic rings. The largest absolute Gasteiger partial charge is 0.350 e. The minimum Gasteiger partial charge on any atom is -0.350 e. The van der Waals surface area contributed by atoms with Crippen molar-refractivity contribution in [3.63, 3.8) is 0 Å². The van der Waals surface area contributed by atoms with Gasteiger partial charge in [0.05, 0.1) is 11.1 Å². The van der Waals surface area contributed by atoms with E-state index in [-0.39, 0.29) is 11.9 Å². The molecule has 0 radical (unpaired) electrons. The molecule has 3 heterocycles. The highest BCUT2D eigenvalue weighted by Gasteiger charge is 2.31. The number of nitrogens with one attached hydrogen (secondary N) is 1. The van der Waals surface area contributed by atoms with Gasteiger partial charge in [-0.05, 0) is 18.2 Å². The maximum absolute atomic E-state index is 13.3. The Morgan fingerprint density at radius 3 is 2.88 bits per heavy atom. The number of benzene rings is 1. The molecule has 1 atom stereocenters. The Bertz CT molecular complexity index is 874. The normalized spacial score (nSPS) is 18.0. The molecule has 1 aromatic carbocycles. The second-order valence-electron chi connectivity index (χ2n) is 6.00. The summed E-state index contributed by atoms with van der Waals surface area (Å²) in [7, 11) is 1.97. The van der Waals surface area contributed by atoms with Crippen LogP contribution in [0.4, 0.5) is 0 Å². The lowest BCUT2D eigenvalue weighted by Crippen LogP contribution is -2.49. The Labute approximate surface area is 140 Å². The summed E-state index contributed by atoms with van der Waals surface area (Å²) in [6, 6.07) is 9.53. The molecule has 1 aliphatic heterocycles. The molecule has 3 aromatic rings. The summed E-state index contributed by atoms with van der Waals surface area (Å²) in [6.45, 7) is 2.08. The molecule has 0 aliphatic carbocycles. The molecule has 0 spiro atoms. The highest BCUT2D eigenvalue weighted by molar-refractivity contribution is 6.06. The van der Waals surface area contributed by atoms with Crippen LogP contribution in [-0.2, 0) is 7.05 Å². The average molecular weight is 321 g/mol. The van der Waals surface area contributed by atoms with E-state index in [1.54, 1.807) is 18.5 Å². The van der Waals surface area contributed by atoms with E-state index in [0.29, 0.717) is 18.9 Å². The van der Waals surface area contributed by atoms with Crippen LogP contribution in [0, 0.1) is 0 Å². The van der Waals surface area contributed by atoms with E-state index < -0.39 is 0 Å². The molecule has 1 unspecified atom stereocenters. The van der Waals surface area contributed by atoms with Crippen molar-refractivity contribution in [3.05, 3.63) is 60.3 Å². The van der Waals surface area contributed by atoms with Gasteiger partial charge in [-0.15, -0.1) is 0 Å². The highest BCUT2D eigenvalue weighted by Crippen LogP contribution is 2.25. The molecule has 0 bridgehead atoms. The maximum Gasteiger partial charge on any atom is 0.256 e. The number of para-hydroxylation sites is 1. The van der Waals surface area contributed by atoms with Crippen molar-refractivity contribution in [2.24, 2.45) is 7.05 Å². The number of aryl methyl sites for hydroxylation is 1.